The summed E-state index contributed by atoms with van der Waals surface area (Å²) in [4.78, 5) is 0. The van der Waals surface area contributed by atoms with Crippen LogP contribution in [0.4, 0.5) is 0 Å². The summed E-state index contributed by atoms with van der Waals surface area (Å²) in [5.41, 5.74) is 2.99. The third-order valence-electron chi connectivity index (χ3n) is 3.01. The van der Waals surface area contributed by atoms with Crippen molar-refractivity contribution in [2.75, 3.05) is 0 Å². The van der Waals surface area contributed by atoms with Gasteiger partial charge in [0.25, 0.3) is 0 Å². The Hall–Kier alpha value is -1.57. The Morgan fingerprint density at radius 2 is 1.82 bits per heavy atom. The third-order valence-corrected chi connectivity index (χ3v) is 3.01. The van der Waals surface area contributed by atoms with Crippen molar-refractivity contribution >= 4 is 0 Å². The van der Waals surface area contributed by atoms with Crippen LogP contribution in [0, 0.1) is 0 Å². The van der Waals surface area contributed by atoms with Crippen molar-refractivity contribution in [1.82, 2.24) is 9.78 Å². The summed E-state index contributed by atoms with van der Waals surface area (Å²) >= 11 is 0. The number of benzene rings is 1. The first-order chi connectivity index (χ1) is 8.05. The fraction of sp³-hybridized carbons (Fsp3) is 0.400. The van der Waals surface area contributed by atoms with Crippen molar-refractivity contribution in [2.45, 2.75) is 39.2 Å². The van der Waals surface area contributed by atoms with Gasteiger partial charge in [-0.05, 0) is 29.0 Å². The summed E-state index contributed by atoms with van der Waals surface area (Å²) < 4.78 is 1.97. The Balaban J connectivity index is 1.99. The molecule has 90 valence electrons. The molecule has 1 heterocycles. The molecule has 0 aliphatic carbocycles. The number of rotatable bonds is 3. The second-order valence-electron chi connectivity index (χ2n) is 5.47. The number of hydrogen-bond acceptors (Lipinski definition) is 1. The van der Waals surface area contributed by atoms with Crippen molar-refractivity contribution in [3.63, 3.8) is 0 Å². The van der Waals surface area contributed by atoms with Gasteiger partial charge in [0.05, 0.1) is 0 Å². The van der Waals surface area contributed by atoms with Crippen LogP contribution in [0.2, 0.25) is 0 Å². The highest BCUT2D eigenvalue weighted by Crippen LogP contribution is 2.22. The molecule has 0 aliphatic rings. The minimum Gasteiger partial charge on any atom is -0.272 e. The minimum absolute atomic E-state index is 0.237. The van der Waals surface area contributed by atoms with Gasteiger partial charge < -0.3 is 0 Å². The largest absolute Gasteiger partial charge is 0.272 e. The molecule has 2 nitrogen and oxygen atoms in total. The Morgan fingerprint density at radius 3 is 2.35 bits per heavy atom. The highest BCUT2D eigenvalue weighted by Gasteiger charge is 2.12. The molecule has 0 unspecified atom stereocenters. The smallest absolute Gasteiger partial charge is 0.0489 e. The van der Waals surface area contributed by atoms with Crippen LogP contribution in [0.3, 0.4) is 0 Å². The molecule has 17 heavy (non-hydrogen) atoms. The quantitative estimate of drug-likeness (QED) is 0.787. The number of nitrogens with zero attached hydrogens (tertiary/aromatic N) is 2. The molecule has 0 amide bonds. The van der Waals surface area contributed by atoms with Gasteiger partial charge in [-0.2, -0.15) is 5.10 Å². The zero-order valence-electron chi connectivity index (χ0n) is 10.9. The average Bonchev–Trinajstić information content (AvgIpc) is 2.78. The van der Waals surface area contributed by atoms with Gasteiger partial charge in [0.15, 0.2) is 0 Å². The predicted molar refractivity (Wildman–Crippen MR) is 71.1 cm³/mol. The minimum atomic E-state index is 0.237. The molecule has 0 radical (unpaired) electrons. The van der Waals surface area contributed by atoms with Crippen LogP contribution in [-0.2, 0) is 18.4 Å². The second kappa shape index (κ2) is 4.74. The zero-order chi connectivity index (χ0) is 12.3. The molecule has 0 atom stereocenters. The maximum atomic E-state index is 4.20. The number of aromatic nitrogens is 2. The number of aryl methyl sites for hydroxylation is 2. The summed E-state index contributed by atoms with van der Waals surface area (Å²) in [7, 11) is 0. The van der Waals surface area contributed by atoms with Crippen LogP contribution in [-0.4, -0.2) is 9.78 Å². The van der Waals surface area contributed by atoms with E-state index in [9.17, 15) is 0 Å². The van der Waals surface area contributed by atoms with Crippen molar-refractivity contribution in [3.05, 3.63) is 53.9 Å². The fourth-order valence-electron chi connectivity index (χ4n) is 1.85. The molecule has 2 heteroatoms. The normalized spacial score (nSPS) is 11.7. The van der Waals surface area contributed by atoms with E-state index >= 15 is 0 Å². The van der Waals surface area contributed by atoms with Gasteiger partial charge in [-0.15, -0.1) is 0 Å². The Kier molecular flexibility index (Phi) is 3.32. The topological polar surface area (TPSA) is 17.8 Å². The van der Waals surface area contributed by atoms with Gasteiger partial charge in [-0.3, -0.25) is 4.68 Å². The first-order valence-electron chi connectivity index (χ1n) is 6.12. The molecule has 0 fully saturated rings. The summed E-state index contributed by atoms with van der Waals surface area (Å²) in [5.74, 6) is 0. The second-order valence-corrected chi connectivity index (χ2v) is 5.47. The van der Waals surface area contributed by atoms with E-state index in [0.29, 0.717) is 0 Å². The van der Waals surface area contributed by atoms with Crippen LogP contribution in [0.1, 0.15) is 31.9 Å². The zero-order valence-corrected chi connectivity index (χ0v) is 10.9. The monoisotopic (exact) mass is 228 g/mol. The van der Waals surface area contributed by atoms with Gasteiger partial charge in [0.1, 0.15) is 0 Å². The van der Waals surface area contributed by atoms with E-state index in [4.69, 9.17) is 0 Å². The van der Waals surface area contributed by atoms with Gasteiger partial charge in [0.2, 0.25) is 0 Å². The van der Waals surface area contributed by atoms with Crippen molar-refractivity contribution in [3.8, 4) is 0 Å². The van der Waals surface area contributed by atoms with Gasteiger partial charge >= 0.3 is 0 Å². The first kappa shape index (κ1) is 11.9. The van der Waals surface area contributed by atoms with Gasteiger partial charge in [-0.1, -0.05) is 45.0 Å². The third kappa shape index (κ3) is 3.19. The van der Waals surface area contributed by atoms with Crippen molar-refractivity contribution in [2.24, 2.45) is 0 Å². The molecular formula is C15H20N2. The summed E-state index contributed by atoms with van der Waals surface area (Å²) in [6.45, 7) is 7.67. The molecule has 1 aromatic heterocycles. The fourth-order valence-corrected chi connectivity index (χ4v) is 1.85. The molecule has 2 rings (SSSR count). The van der Waals surface area contributed by atoms with E-state index in [0.717, 1.165) is 13.0 Å². The Bertz CT molecular complexity index is 447. The Labute approximate surface area is 103 Å². The van der Waals surface area contributed by atoms with Crippen molar-refractivity contribution in [1.29, 1.82) is 0 Å². The average molecular weight is 228 g/mol. The molecule has 1 aromatic carbocycles. The molecule has 0 aliphatic heterocycles. The predicted octanol–water partition coefficient (Wildman–Crippen LogP) is 3.42. The van der Waals surface area contributed by atoms with E-state index in [2.05, 4.69) is 50.1 Å². The lowest BCUT2D eigenvalue weighted by Crippen LogP contribution is -2.10. The van der Waals surface area contributed by atoms with Crippen LogP contribution in [0.25, 0.3) is 0 Å². The molecule has 0 N–H and O–H groups in total. The summed E-state index contributed by atoms with van der Waals surface area (Å²) in [6.07, 6.45) is 4.86. The Morgan fingerprint density at radius 1 is 1.12 bits per heavy atom. The lowest BCUT2D eigenvalue weighted by molar-refractivity contribution is 0.588. The molecule has 0 saturated carbocycles. The summed E-state index contributed by atoms with van der Waals surface area (Å²) in [5, 5.41) is 4.20. The highest BCUT2D eigenvalue weighted by molar-refractivity contribution is 5.27. The lowest BCUT2D eigenvalue weighted by Gasteiger charge is -2.19. The maximum absolute atomic E-state index is 4.20. The van der Waals surface area contributed by atoms with Crippen LogP contribution >= 0.6 is 0 Å². The SMILES string of the molecule is CC(C)(C)c1ccc(CCn2cccn2)cc1. The van der Waals surface area contributed by atoms with E-state index in [1.165, 1.54) is 11.1 Å². The van der Waals surface area contributed by atoms with Crippen LogP contribution in [0.15, 0.2) is 42.7 Å². The van der Waals surface area contributed by atoms with E-state index in [1.807, 2.05) is 23.1 Å². The molecule has 2 aromatic rings. The number of hydrogen-bond donors (Lipinski definition) is 0. The molecular weight excluding hydrogens is 208 g/mol. The van der Waals surface area contributed by atoms with Crippen molar-refractivity contribution < 1.29 is 0 Å². The maximum Gasteiger partial charge on any atom is 0.0489 e. The highest BCUT2D eigenvalue weighted by atomic mass is 15.3. The summed E-state index contributed by atoms with van der Waals surface area (Å²) in [6, 6.07) is 10.9. The van der Waals surface area contributed by atoms with Crippen LogP contribution < -0.4 is 0 Å². The molecule has 0 spiro atoms. The van der Waals surface area contributed by atoms with Gasteiger partial charge in [-0.25, -0.2) is 0 Å². The molecule has 0 bridgehead atoms. The first-order valence-corrected chi connectivity index (χ1v) is 6.12. The van der Waals surface area contributed by atoms with Crippen LogP contribution in [0.5, 0.6) is 0 Å². The van der Waals surface area contributed by atoms with E-state index < -0.39 is 0 Å². The van der Waals surface area contributed by atoms with E-state index in [1.54, 1.807) is 0 Å². The van der Waals surface area contributed by atoms with E-state index in [-0.39, 0.29) is 5.41 Å². The lowest BCUT2D eigenvalue weighted by atomic mass is 9.86. The standard InChI is InChI=1S/C15H20N2/c1-15(2,3)14-7-5-13(6-8-14)9-12-17-11-4-10-16-17/h4-8,10-11H,9,12H2,1-3H3. The molecule has 0 saturated heterocycles. The van der Waals surface area contributed by atoms with Gasteiger partial charge in [0, 0.05) is 18.9 Å².